The lowest BCUT2D eigenvalue weighted by atomic mass is 9.79. The molecule has 1 nitrogen and oxygen atoms in total. The van der Waals surface area contributed by atoms with E-state index in [-0.39, 0.29) is 0 Å². The zero-order chi connectivity index (χ0) is 17.8. The van der Waals surface area contributed by atoms with Gasteiger partial charge in [0.05, 0.1) is 12.5 Å². The van der Waals surface area contributed by atoms with Crippen molar-refractivity contribution < 1.29 is 4.42 Å². The highest BCUT2D eigenvalue weighted by Gasteiger charge is 2.21. The SMILES string of the molecule is BrCCC1CCCc2c1ccc1c2ccc2ccccc21.c1ccoc1. The van der Waals surface area contributed by atoms with Crippen LogP contribution in [0.15, 0.2) is 77.6 Å². The summed E-state index contributed by atoms with van der Waals surface area (Å²) >= 11 is 3.62. The van der Waals surface area contributed by atoms with Gasteiger partial charge in [0.25, 0.3) is 0 Å². The molecule has 0 radical (unpaired) electrons. The molecule has 0 fully saturated rings. The molecule has 0 amide bonds. The number of alkyl halides is 1. The van der Waals surface area contributed by atoms with Crippen LogP contribution in [0.25, 0.3) is 21.5 Å². The van der Waals surface area contributed by atoms with Gasteiger partial charge in [-0.3, -0.25) is 0 Å². The van der Waals surface area contributed by atoms with E-state index in [2.05, 4.69) is 68.9 Å². The fourth-order valence-corrected chi connectivity index (χ4v) is 4.72. The molecule has 0 aliphatic heterocycles. The van der Waals surface area contributed by atoms with Crippen molar-refractivity contribution in [1.29, 1.82) is 0 Å². The van der Waals surface area contributed by atoms with Crippen molar-refractivity contribution in [2.75, 3.05) is 5.33 Å². The second-order valence-electron chi connectivity index (χ2n) is 6.88. The third-order valence-corrected chi connectivity index (χ3v) is 5.83. The maximum Gasteiger partial charge on any atom is 0.0902 e. The molecule has 5 rings (SSSR count). The molecule has 1 heterocycles. The topological polar surface area (TPSA) is 13.1 Å². The van der Waals surface area contributed by atoms with Crippen LogP contribution < -0.4 is 0 Å². The normalized spacial score (nSPS) is 16.1. The largest absolute Gasteiger partial charge is 0.473 e. The predicted octanol–water partition coefficient (Wildman–Crippen LogP) is 7.48. The zero-order valence-corrected chi connectivity index (χ0v) is 16.4. The first-order valence-corrected chi connectivity index (χ1v) is 10.5. The molecule has 0 bridgehead atoms. The molecule has 132 valence electrons. The van der Waals surface area contributed by atoms with Gasteiger partial charge in [0.1, 0.15) is 0 Å². The van der Waals surface area contributed by atoms with E-state index in [0.717, 1.165) is 11.2 Å². The molecule has 1 aliphatic rings. The molecule has 1 atom stereocenters. The summed E-state index contributed by atoms with van der Waals surface area (Å²) < 4.78 is 4.58. The molecule has 0 saturated heterocycles. The number of benzene rings is 3. The summed E-state index contributed by atoms with van der Waals surface area (Å²) in [6, 6.07) is 21.8. The van der Waals surface area contributed by atoms with Gasteiger partial charge >= 0.3 is 0 Å². The van der Waals surface area contributed by atoms with Crippen molar-refractivity contribution in [1.82, 2.24) is 0 Å². The Morgan fingerprint density at radius 1 is 0.846 bits per heavy atom. The Bertz CT molecular complexity index is 971. The summed E-state index contributed by atoms with van der Waals surface area (Å²) in [6.07, 6.45) is 8.42. The number of rotatable bonds is 2. The molecule has 0 N–H and O–H groups in total. The molecule has 0 spiro atoms. The lowest BCUT2D eigenvalue weighted by Gasteiger charge is -2.26. The van der Waals surface area contributed by atoms with Gasteiger partial charge in [-0.1, -0.05) is 64.5 Å². The molecule has 1 aromatic heterocycles. The van der Waals surface area contributed by atoms with E-state index in [9.17, 15) is 0 Å². The van der Waals surface area contributed by atoms with Crippen molar-refractivity contribution >= 4 is 37.5 Å². The molecule has 0 saturated carbocycles. The van der Waals surface area contributed by atoms with Crippen LogP contribution in [0, 0.1) is 0 Å². The fraction of sp³-hybridized carbons (Fsp3) is 0.250. The average Bonchev–Trinajstić information content (AvgIpc) is 3.28. The second kappa shape index (κ2) is 8.09. The fourth-order valence-electron chi connectivity index (χ4n) is 4.17. The summed E-state index contributed by atoms with van der Waals surface area (Å²) in [5.41, 5.74) is 3.21. The van der Waals surface area contributed by atoms with Gasteiger partial charge in [-0.25, -0.2) is 0 Å². The van der Waals surface area contributed by atoms with Crippen molar-refractivity contribution in [2.45, 2.75) is 31.6 Å². The Kier molecular flexibility index (Phi) is 5.40. The maximum absolute atomic E-state index is 4.58. The van der Waals surface area contributed by atoms with E-state index in [4.69, 9.17) is 0 Å². The Morgan fingerprint density at radius 2 is 1.65 bits per heavy atom. The molecule has 26 heavy (non-hydrogen) atoms. The number of halogens is 1. The number of hydrogen-bond donors (Lipinski definition) is 0. The Labute approximate surface area is 163 Å². The minimum atomic E-state index is 0.740. The van der Waals surface area contributed by atoms with E-state index in [1.165, 1.54) is 47.2 Å². The average molecular weight is 407 g/mol. The van der Waals surface area contributed by atoms with Crippen LogP contribution in [0.3, 0.4) is 0 Å². The van der Waals surface area contributed by atoms with Crippen molar-refractivity contribution in [3.05, 3.63) is 84.3 Å². The number of hydrogen-bond acceptors (Lipinski definition) is 1. The highest BCUT2D eigenvalue weighted by atomic mass is 79.9. The summed E-state index contributed by atoms with van der Waals surface area (Å²) in [5, 5.41) is 6.74. The highest BCUT2D eigenvalue weighted by Crippen LogP contribution is 2.39. The highest BCUT2D eigenvalue weighted by molar-refractivity contribution is 9.09. The second-order valence-corrected chi connectivity index (χ2v) is 7.67. The molecule has 4 aromatic rings. The summed E-state index contributed by atoms with van der Waals surface area (Å²) in [7, 11) is 0. The van der Waals surface area contributed by atoms with Crippen molar-refractivity contribution in [2.24, 2.45) is 0 Å². The van der Waals surface area contributed by atoms with Gasteiger partial charge in [-0.15, -0.1) is 0 Å². The molecular weight excluding hydrogens is 384 g/mol. The van der Waals surface area contributed by atoms with Gasteiger partial charge in [0, 0.05) is 5.33 Å². The minimum absolute atomic E-state index is 0.740. The van der Waals surface area contributed by atoms with Crippen LogP contribution in [0.4, 0.5) is 0 Å². The van der Waals surface area contributed by atoms with E-state index in [1.54, 1.807) is 23.7 Å². The standard InChI is InChI=1S/C20H19Br.C4H4O/c21-13-12-15-5-3-7-18-17(15)10-11-19-16-6-2-1-4-14(16)8-9-20(18)19;1-2-4-5-3-1/h1-2,4,6,8-11,15H,3,5,7,12-13H2;1-4H. The molecule has 1 unspecified atom stereocenters. The van der Waals surface area contributed by atoms with Crippen LogP contribution in [-0.2, 0) is 6.42 Å². The van der Waals surface area contributed by atoms with Crippen LogP contribution in [0.5, 0.6) is 0 Å². The Balaban J connectivity index is 0.000000292. The first-order valence-electron chi connectivity index (χ1n) is 9.35. The van der Waals surface area contributed by atoms with E-state index in [0.29, 0.717) is 0 Å². The maximum atomic E-state index is 4.58. The van der Waals surface area contributed by atoms with Gasteiger partial charge in [0.2, 0.25) is 0 Å². The van der Waals surface area contributed by atoms with Crippen LogP contribution in [0.2, 0.25) is 0 Å². The lowest BCUT2D eigenvalue weighted by molar-refractivity contribution is 0.546. The predicted molar refractivity (Wildman–Crippen MR) is 114 cm³/mol. The van der Waals surface area contributed by atoms with Gasteiger partial charge in [0.15, 0.2) is 0 Å². The first kappa shape index (κ1) is 17.4. The van der Waals surface area contributed by atoms with E-state index < -0.39 is 0 Å². The third-order valence-electron chi connectivity index (χ3n) is 5.38. The molecule has 3 aromatic carbocycles. The van der Waals surface area contributed by atoms with Gasteiger partial charge in [-0.05, 0) is 76.4 Å². The number of fused-ring (bicyclic) bond motifs is 5. The van der Waals surface area contributed by atoms with Crippen LogP contribution >= 0.6 is 15.9 Å². The van der Waals surface area contributed by atoms with Gasteiger partial charge in [-0.2, -0.15) is 0 Å². The molecule has 1 aliphatic carbocycles. The van der Waals surface area contributed by atoms with Crippen LogP contribution in [-0.4, -0.2) is 5.33 Å². The minimum Gasteiger partial charge on any atom is -0.473 e. The monoisotopic (exact) mass is 406 g/mol. The quantitative estimate of drug-likeness (QED) is 0.248. The Hall–Kier alpha value is -2.06. The number of furan rings is 1. The van der Waals surface area contributed by atoms with E-state index in [1.807, 2.05) is 12.1 Å². The zero-order valence-electron chi connectivity index (χ0n) is 14.8. The molecular formula is C24H23BrO. The van der Waals surface area contributed by atoms with Gasteiger partial charge < -0.3 is 4.42 Å². The van der Waals surface area contributed by atoms with Crippen molar-refractivity contribution in [3.63, 3.8) is 0 Å². The summed E-state index contributed by atoms with van der Waals surface area (Å²) in [5.74, 6) is 0.740. The Morgan fingerprint density at radius 3 is 2.42 bits per heavy atom. The van der Waals surface area contributed by atoms with Crippen molar-refractivity contribution in [3.8, 4) is 0 Å². The lowest BCUT2D eigenvalue weighted by Crippen LogP contribution is -2.10. The molecule has 2 heteroatoms. The van der Waals surface area contributed by atoms with E-state index >= 15 is 0 Å². The third kappa shape index (κ3) is 3.43. The first-order chi connectivity index (χ1) is 12.9. The summed E-state index contributed by atoms with van der Waals surface area (Å²) in [4.78, 5) is 0. The smallest absolute Gasteiger partial charge is 0.0902 e. The summed E-state index contributed by atoms with van der Waals surface area (Å²) in [6.45, 7) is 0. The van der Waals surface area contributed by atoms with Crippen LogP contribution in [0.1, 0.15) is 36.3 Å². The number of aryl methyl sites for hydroxylation is 1.